The summed E-state index contributed by atoms with van der Waals surface area (Å²) in [7, 11) is 0. The molecule has 0 fully saturated rings. The van der Waals surface area contributed by atoms with Gasteiger partial charge in [0.2, 0.25) is 0 Å². The molecule has 1 unspecified atom stereocenters. The summed E-state index contributed by atoms with van der Waals surface area (Å²) in [6.45, 7) is 3.76. The Labute approximate surface area is 99.8 Å². The number of benzene rings is 1. The summed E-state index contributed by atoms with van der Waals surface area (Å²) >= 11 is 0. The van der Waals surface area contributed by atoms with Gasteiger partial charge in [-0.05, 0) is 12.0 Å². The van der Waals surface area contributed by atoms with Gasteiger partial charge in [-0.25, -0.2) is 0 Å². The maximum absolute atomic E-state index is 12.2. The van der Waals surface area contributed by atoms with Gasteiger partial charge < -0.3 is 5.73 Å². The summed E-state index contributed by atoms with van der Waals surface area (Å²) in [6.07, 6.45) is -5.01. The van der Waals surface area contributed by atoms with Crippen molar-refractivity contribution in [3.8, 4) is 0 Å². The zero-order valence-electron chi connectivity index (χ0n) is 10.1. The second kappa shape index (κ2) is 5.08. The zero-order valence-corrected chi connectivity index (χ0v) is 10.1. The van der Waals surface area contributed by atoms with Gasteiger partial charge in [-0.1, -0.05) is 44.2 Å². The Morgan fingerprint density at radius 2 is 1.65 bits per heavy atom. The molecule has 0 spiro atoms. The van der Waals surface area contributed by atoms with Crippen molar-refractivity contribution < 1.29 is 13.2 Å². The Hall–Kier alpha value is -1.03. The average molecular weight is 245 g/mol. The average Bonchev–Trinajstić information content (AvgIpc) is 2.26. The van der Waals surface area contributed by atoms with Crippen LogP contribution in [0.4, 0.5) is 13.2 Å². The molecule has 17 heavy (non-hydrogen) atoms. The summed E-state index contributed by atoms with van der Waals surface area (Å²) in [5, 5.41) is 0. The number of alkyl halides is 3. The van der Waals surface area contributed by atoms with Crippen LogP contribution >= 0.6 is 0 Å². The monoisotopic (exact) mass is 245 g/mol. The highest BCUT2D eigenvalue weighted by atomic mass is 19.4. The first-order valence-electron chi connectivity index (χ1n) is 5.61. The number of halogens is 3. The van der Waals surface area contributed by atoms with E-state index in [1.165, 1.54) is 0 Å². The fourth-order valence-corrected chi connectivity index (χ4v) is 1.76. The first kappa shape index (κ1) is 14.0. The number of hydrogen-bond donors (Lipinski definition) is 1. The topological polar surface area (TPSA) is 26.0 Å². The van der Waals surface area contributed by atoms with E-state index in [0.29, 0.717) is 0 Å². The third-order valence-electron chi connectivity index (χ3n) is 3.18. The van der Waals surface area contributed by atoms with E-state index in [0.717, 1.165) is 5.56 Å². The minimum absolute atomic E-state index is 0.0502. The van der Waals surface area contributed by atoms with Gasteiger partial charge >= 0.3 is 6.18 Å². The Morgan fingerprint density at radius 1 is 1.12 bits per heavy atom. The lowest BCUT2D eigenvalue weighted by Crippen LogP contribution is -2.41. The van der Waals surface area contributed by atoms with E-state index in [4.69, 9.17) is 5.73 Å². The van der Waals surface area contributed by atoms with E-state index in [9.17, 15) is 13.2 Å². The molecule has 0 amide bonds. The Morgan fingerprint density at radius 3 is 2.12 bits per heavy atom. The Balaban J connectivity index is 2.71. The van der Waals surface area contributed by atoms with Crippen LogP contribution in [0.25, 0.3) is 0 Å². The Kier molecular flexibility index (Phi) is 4.20. The summed E-state index contributed by atoms with van der Waals surface area (Å²) < 4.78 is 36.5. The van der Waals surface area contributed by atoms with Crippen molar-refractivity contribution in [3.05, 3.63) is 35.9 Å². The summed E-state index contributed by atoms with van der Waals surface area (Å²) in [4.78, 5) is 0. The van der Waals surface area contributed by atoms with Crippen molar-refractivity contribution in [2.75, 3.05) is 0 Å². The highest BCUT2D eigenvalue weighted by molar-refractivity contribution is 5.25. The van der Waals surface area contributed by atoms with Crippen LogP contribution in [-0.4, -0.2) is 12.2 Å². The van der Waals surface area contributed by atoms with Crippen LogP contribution in [0.5, 0.6) is 0 Å². The normalized spacial score (nSPS) is 14.7. The van der Waals surface area contributed by atoms with Gasteiger partial charge in [0.1, 0.15) is 0 Å². The molecular weight excluding hydrogens is 227 g/mol. The smallest absolute Gasteiger partial charge is 0.327 e. The van der Waals surface area contributed by atoms with Gasteiger partial charge in [-0.15, -0.1) is 0 Å². The SMILES string of the molecule is CC(C)(c1ccccc1)C(N)CCC(F)(F)F. The van der Waals surface area contributed by atoms with Gasteiger partial charge in [0.25, 0.3) is 0 Å². The van der Waals surface area contributed by atoms with Crippen molar-refractivity contribution in [2.45, 2.75) is 44.3 Å². The molecule has 2 N–H and O–H groups in total. The van der Waals surface area contributed by atoms with Crippen LogP contribution in [0.2, 0.25) is 0 Å². The minimum atomic E-state index is -4.13. The third kappa shape index (κ3) is 4.04. The van der Waals surface area contributed by atoms with Gasteiger partial charge in [0.15, 0.2) is 0 Å². The molecule has 0 heterocycles. The number of nitrogens with two attached hydrogens (primary N) is 1. The van der Waals surface area contributed by atoms with E-state index >= 15 is 0 Å². The number of rotatable bonds is 4. The standard InChI is InChI=1S/C13H18F3N/c1-12(2,10-6-4-3-5-7-10)11(17)8-9-13(14,15)16/h3-7,11H,8-9,17H2,1-2H3. The van der Waals surface area contributed by atoms with Crippen LogP contribution in [-0.2, 0) is 5.41 Å². The van der Waals surface area contributed by atoms with Gasteiger partial charge in [-0.3, -0.25) is 0 Å². The molecule has 1 aromatic carbocycles. The summed E-state index contributed by atoms with van der Waals surface area (Å²) in [5.41, 5.74) is 6.41. The summed E-state index contributed by atoms with van der Waals surface area (Å²) in [5.74, 6) is 0. The molecule has 4 heteroatoms. The molecular formula is C13H18F3N. The lowest BCUT2D eigenvalue weighted by Gasteiger charge is -2.32. The highest BCUT2D eigenvalue weighted by Crippen LogP contribution is 2.31. The van der Waals surface area contributed by atoms with Gasteiger partial charge in [0, 0.05) is 17.9 Å². The first-order valence-corrected chi connectivity index (χ1v) is 5.61. The number of hydrogen-bond acceptors (Lipinski definition) is 1. The van der Waals surface area contributed by atoms with Crippen LogP contribution in [0.1, 0.15) is 32.3 Å². The van der Waals surface area contributed by atoms with Crippen molar-refractivity contribution in [1.29, 1.82) is 0 Å². The lowest BCUT2D eigenvalue weighted by atomic mass is 9.76. The quantitative estimate of drug-likeness (QED) is 0.861. The molecule has 1 atom stereocenters. The predicted octanol–water partition coefficient (Wildman–Crippen LogP) is 3.63. The second-order valence-electron chi connectivity index (χ2n) is 4.85. The molecule has 0 radical (unpaired) electrons. The van der Waals surface area contributed by atoms with Gasteiger partial charge in [-0.2, -0.15) is 13.2 Å². The molecule has 0 aliphatic heterocycles. The maximum Gasteiger partial charge on any atom is 0.389 e. The molecule has 1 rings (SSSR count). The van der Waals surface area contributed by atoms with Crippen molar-refractivity contribution in [2.24, 2.45) is 5.73 Å². The predicted molar refractivity (Wildman–Crippen MR) is 62.7 cm³/mol. The van der Waals surface area contributed by atoms with Crippen LogP contribution < -0.4 is 5.73 Å². The zero-order chi connectivity index (χ0) is 13.1. The second-order valence-corrected chi connectivity index (χ2v) is 4.85. The lowest BCUT2D eigenvalue weighted by molar-refractivity contribution is -0.136. The Bertz CT molecular complexity index is 343. The van der Waals surface area contributed by atoms with Gasteiger partial charge in [0.05, 0.1) is 0 Å². The first-order chi connectivity index (χ1) is 7.73. The largest absolute Gasteiger partial charge is 0.389 e. The van der Waals surface area contributed by atoms with Crippen molar-refractivity contribution in [3.63, 3.8) is 0 Å². The van der Waals surface area contributed by atoms with E-state index in [-0.39, 0.29) is 6.42 Å². The molecule has 0 aromatic heterocycles. The molecule has 0 saturated heterocycles. The minimum Gasteiger partial charge on any atom is -0.327 e. The molecule has 96 valence electrons. The van der Waals surface area contributed by atoms with E-state index in [1.54, 1.807) is 0 Å². The van der Waals surface area contributed by atoms with Crippen molar-refractivity contribution >= 4 is 0 Å². The molecule has 0 aliphatic carbocycles. The van der Waals surface area contributed by atoms with Crippen LogP contribution in [0, 0.1) is 0 Å². The maximum atomic E-state index is 12.2. The highest BCUT2D eigenvalue weighted by Gasteiger charge is 2.33. The van der Waals surface area contributed by atoms with E-state index < -0.39 is 24.1 Å². The molecule has 1 nitrogen and oxygen atoms in total. The summed E-state index contributed by atoms with van der Waals surface area (Å²) in [6, 6.07) is 8.90. The molecule has 0 aliphatic rings. The van der Waals surface area contributed by atoms with Crippen LogP contribution in [0.15, 0.2) is 30.3 Å². The van der Waals surface area contributed by atoms with Crippen molar-refractivity contribution in [1.82, 2.24) is 0 Å². The van der Waals surface area contributed by atoms with Crippen LogP contribution in [0.3, 0.4) is 0 Å². The third-order valence-corrected chi connectivity index (χ3v) is 3.18. The molecule has 0 saturated carbocycles. The fraction of sp³-hybridized carbons (Fsp3) is 0.538. The fourth-order valence-electron chi connectivity index (χ4n) is 1.76. The van der Waals surface area contributed by atoms with E-state index in [2.05, 4.69) is 0 Å². The molecule has 0 bridgehead atoms. The van der Waals surface area contributed by atoms with E-state index in [1.807, 2.05) is 44.2 Å². The molecule has 1 aromatic rings.